The number of allylic oxidation sites excluding steroid dienone is 2. The molecule has 1 aromatic carbocycles. The molecule has 0 radical (unpaired) electrons. The minimum atomic E-state index is -2.16. The van der Waals surface area contributed by atoms with E-state index in [-0.39, 0.29) is 12.5 Å². The molecular weight excluding hydrogens is 458 g/mol. The van der Waals surface area contributed by atoms with E-state index in [4.69, 9.17) is 4.55 Å². The van der Waals surface area contributed by atoms with Gasteiger partial charge in [0, 0.05) is 36.7 Å². The van der Waals surface area contributed by atoms with Crippen molar-refractivity contribution in [2.24, 2.45) is 4.99 Å². The standard InChI is InChI=1S/C23H33N5O5S/c1-5-18(6-2)24-16(4)20(14-17-8-10-19(11-9-17)26-34(32)33)25-21(29)15-28-13-12-27(7-3)22(30)23(28)31/h5,8-11,20,26H,6-7,12-15H2,1-4H3,(H,25,29)(H,32,33)/b18-5-,24-16?/t20-/m0/s1. The number of amides is 3. The molecule has 0 aromatic heterocycles. The molecule has 186 valence electrons. The topological polar surface area (TPSA) is 131 Å². The molecule has 1 aliphatic heterocycles. The quantitative estimate of drug-likeness (QED) is 0.246. The van der Waals surface area contributed by atoms with Gasteiger partial charge in [0.1, 0.15) is 6.54 Å². The summed E-state index contributed by atoms with van der Waals surface area (Å²) in [6.45, 7) is 8.50. The fourth-order valence-electron chi connectivity index (χ4n) is 3.58. The first-order valence-electron chi connectivity index (χ1n) is 11.2. The smallest absolute Gasteiger partial charge is 0.312 e. The molecule has 1 aromatic rings. The first-order chi connectivity index (χ1) is 16.2. The summed E-state index contributed by atoms with van der Waals surface area (Å²) in [7, 11) is 0. The lowest BCUT2D eigenvalue weighted by molar-refractivity contribution is -0.156. The van der Waals surface area contributed by atoms with E-state index in [1.54, 1.807) is 31.2 Å². The van der Waals surface area contributed by atoms with Crippen molar-refractivity contribution in [3.8, 4) is 0 Å². The van der Waals surface area contributed by atoms with Gasteiger partial charge in [0.2, 0.25) is 5.91 Å². The largest absolute Gasteiger partial charge is 0.346 e. The molecule has 11 heteroatoms. The van der Waals surface area contributed by atoms with Crippen LogP contribution < -0.4 is 10.0 Å². The van der Waals surface area contributed by atoms with Gasteiger partial charge in [-0.05, 0) is 51.3 Å². The van der Waals surface area contributed by atoms with Gasteiger partial charge in [0.15, 0.2) is 0 Å². The van der Waals surface area contributed by atoms with Crippen LogP contribution >= 0.6 is 0 Å². The fourth-order valence-corrected chi connectivity index (χ4v) is 3.92. The van der Waals surface area contributed by atoms with Crippen LogP contribution in [-0.2, 0) is 32.1 Å². The Hall–Kier alpha value is -3.05. The summed E-state index contributed by atoms with van der Waals surface area (Å²) in [5, 5.41) is 2.95. The lowest BCUT2D eigenvalue weighted by Crippen LogP contribution is -2.57. The summed E-state index contributed by atoms with van der Waals surface area (Å²) in [6, 6.07) is 6.50. The number of hydrogen-bond donors (Lipinski definition) is 3. The molecule has 0 bridgehead atoms. The Bertz CT molecular complexity index is 976. The number of aliphatic imine (C=N–C) groups is 1. The molecule has 10 nitrogen and oxygen atoms in total. The molecule has 2 atom stereocenters. The molecule has 3 amide bonds. The van der Waals surface area contributed by atoms with Crippen molar-refractivity contribution >= 4 is 40.4 Å². The number of carbonyl (C=O) groups is 3. The third kappa shape index (κ3) is 7.77. The van der Waals surface area contributed by atoms with E-state index in [1.165, 1.54) is 9.80 Å². The zero-order valence-electron chi connectivity index (χ0n) is 20.0. The zero-order valence-corrected chi connectivity index (χ0v) is 20.9. The summed E-state index contributed by atoms with van der Waals surface area (Å²) in [6.07, 6.45) is 3.08. The van der Waals surface area contributed by atoms with Crippen molar-refractivity contribution < 1.29 is 23.1 Å². The highest BCUT2D eigenvalue weighted by atomic mass is 32.2. The summed E-state index contributed by atoms with van der Waals surface area (Å²) in [5.74, 6) is -1.64. The van der Waals surface area contributed by atoms with Crippen molar-refractivity contribution in [1.29, 1.82) is 0 Å². The first-order valence-corrected chi connectivity index (χ1v) is 12.3. The molecule has 0 spiro atoms. The molecule has 3 N–H and O–H groups in total. The predicted octanol–water partition coefficient (Wildman–Crippen LogP) is 1.73. The second kappa shape index (κ2) is 13.0. The Morgan fingerprint density at radius 1 is 1.18 bits per heavy atom. The third-order valence-electron chi connectivity index (χ3n) is 5.57. The van der Waals surface area contributed by atoms with Crippen LogP contribution in [0.3, 0.4) is 0 Å². The molecule has 0 saturated carbocycles. The molecule has 34 heavy (non-hydrogen) atoms. The van der Waals surface area contributed by atoms with E-state index in [2.05, 4.69) is 15.0 Å². The molecule has 0 aliphatic carbocycles. The molecule has 1 saturated heterocycles. The van der Waals surface area contributed by atoms with E-state index in [1.807, 2.05) is 26.8 Å². The highest BCUT2D eigenvalue weighted by Crippen LogP contribution is 2.14. The maximum absolute atomic E-state index is 12.8. The van der Waals surface area contributed by atoms with Gasteiger partial charge in [0.05, 0.1) is 6.04 Å². The average Bonchev–Trinajstić information content (AvgIpc) is 2.81. The molecule has 1 fully saturated rings. The number of carbonyl (C=O) groups excluding carboxylic acids is 3. The van der Waals surface area contributed by atoms with Crippen molar-refractivity contribution in [1.82, 2.24) is 15.1 Å². The second-order valence-corrected chi connectivity index (χ2v) is 8.57. The molecular formula is C23H33N5O5S. The van der Waals surface area contributed by atoms with E-state index in [0.717, 1.165) is 17.7 Å². The monoisotopic (exact) mass is 491 g/mol. The van der Waals surface area contributed by atoms with Gasteiger partial charge in [-0.25, -0.2) is 4.21 Å². The molecule has 1 unspecified atom stereocenters. The zero-order chi connectivity index (χ0) is 25.3. The lowest BCUT2D eigenvalue weighted by atomic mass is 10.0. The van der Waals surface area contributed by atoms with Gasteiger partial charge in [-0.15, -0.1) is 0 Å². The number of rotatable bonds is 11. The van der Waals surface area contributed by atoms with Crippen LogP contribution in [-0.4, -0.2) is 74.2 Å². The first kappa shape index (κ1) is 27.2. The Morgan fingerprint density at radius 3 is 2.35 bits per heavy atom. The van der Waals surface area contributed by atoms with Crippen molar-refractivity contribution in [3.05, 3.63) is 41.6 Å². The van der Waals surface area contributed by atoms with Crippen LogP contribution in [0.4, 0.5) is 5.69 Å². The van der Waals surface area contributed by atoms with Crippen LogP contribution in [0.15, 0.2) is 41.0 Å². The van der Waals surface area contributed by atoms with Crippen molar-refractivity contribution in [3.63, 3.8) is 0 Å². The maximum Gasteiger partial charge on any atom is 0.312 e. The van der Waals surface area contributed by atoms with Gasteiger partial charge in [0.25, 0.3) is 11.3 Å². The summed E-state index contributed by atoms with van der Waals surface area (Å²) >= 11 is -2.16. The van der Waals surface area contributed by atoms with Crippen LogP contribution in [0.5, 0.6) is 0 Å². The van der Waals surface area contributed by atoms with Gasteiger partial charge >= 0.3 is 11.8 Å². The Labute approximate surface area is 202 Å². The fraction of sp³-hybridized carbons (Fsp3) is 0.478. The lowest BCUT2D eigenvalue weighted by Gasteiger charge is -2.33. The molecule has 1 aliphatic rings. The molecule has 1 heterocycles. The van der Waals surface area contributed by atoms with Gasteiger partial charge in [-0.2, -0.15) is 0 Å². The minimum Gasteiger partial charge on any atom is -0.346 e. The highest BCUT2D eigenvalue weighted by Gasteiger charge is 2.33. The van der Waals surface area contributed by atoms with Crippen LogP contribution in [0, 0.1) is 0 Å². The van der Waals surface area contributed by atoms with Crippen molar-refractivity contribution in [2.75, 3.05) is 30.9 Å². The number of piperazine rings is 1. The Morgan fingerprint density at radius 2 is 1.79 bits per heavy atom. The normalized spacial score (nSPS) is 17.0. The van der Waals surface area contributed by atoms with Crippen LogP contribution in [0.2, 0.25) is 0 Å². The second-order valence-electron chi connectivity index (χ2n) is 7.87. The van der Waals surface area contributed by atoms with E-state index < -0.39 is 29.1 Å². The van der Waals surface area contributed by atoms with Gasteiger partial charge < -0.3 is 15.1 Å². The summed E-state index contributed by atoms with van der Waals surface area (Å²) in [4.78, 5) is 44.7. The van der Waals surface area contributed by atoms with Crippen LogP contribution in [0.25, 0.3) is 0 Å². The number of nitrogens with one attached hydrogen (secondary N) is 2. The van der Waals surface area contributed by atoms with Gasteiger partial charge in [-0.1, -0.05) is 25.1 Å². The van der Waals surface area contributed by atoms with Crippen LogP contribution in [0.1, 0.15) is 39.7 Å². The van der Waals surface area contributed by atoms with E-state index >= 15 is 0 Å². The SMILES string of the molecule is C/C=C(/CC)N=C(C)[C@H](Cc1ccc(NS(=O)O)cc1)NC(=O)CN1CCN(CC)C(=O)C1=O. The Kier molecular flexibility index (Phi) is 10.4. The van der Waals surface area contributed by atoms with E-state index in [9.17, 15) is 18.6 Å². The number of benzene rings is 1. The average molecular weight is 492 g/mol. The number of likely N-dealkylation sites (N-methyl/N-ethyl adjacent to an activating group) is 1. The maximum atomic E-state index is 12.8. The summed E-state index contributed by atoms with van der Waals surface area (Å²) in [5.41, 5.74) is 2.97. The van der Waals surface area contributed by atoms with E-state index in [0.29, 0.717) is 37.5 Å². The van der Waals surface area contributed by atoms with Gasteiger partial charge in [-0.3, -0.25) is 28.7 Å². The Balaban J connectivity index is 2.16. The molecule has 2 rings (SSSR count). The third-order valence-corrected chi connectivity index (χ3v) is 5.98. The highest BCUT2D eigenvalue weighted by molar-refractivity contribution is 7.80. The number of nitrogens with zero attached hydrogens (tertiary/aromatic N) is 3. The predicted molar refractivity (Wildman–Crippen MR) is 132 cm³/mol. The number of hydrogen-bond acceptors (Lipinski definition) is 5. The van der Waals surface area contributed by atoms with Crippen molar-refractivity contribution in [2.45, 2.75) is 46.6 Å². The summed E-state index contributed by atoms with van der Waals surface area (Å²) < 4.78 is 22.3. The minimum absolute atomic E-state index is 0.207. The number of anilines is 1.